The molecule has 0 amide bonds. The molecule has 0 radical (unpaired) electrons. The van der Waals surface area contributed by atoms with Crippen molar-refractivity contribution in [1.29, 1.82) is 0 Å². The van der Waals surface area contributed by atoms with E-state index in [4.69, 9.17) is 4.98 Å². The number of imidazole rings is 1. The number of fused-ring (bicyclic) bond motifs is 2. The maximum Gasteiger partial charge on any atom is 0.233 e. The van der Waals surface area contributed by atoms with Crippen molar-refractivity contribution in [3.05, 3.63) is 73.4 Å². The Morgan fingerprint density at radius 3 is 2.75 bits per heavy atom. The van der Waals surface area contributed by atoms with Gasteiger partial charge in [-0.05, 0) is 12.1 Å². The van der Waals surface area contributed by atoms with E-state index in [2.05, 4.69) is 39.2 Å². The number of benzene rings is 1. The Balaban J connectivity index is 1.65. The third-order valence-corrected chi connectivity index (χ3v) is 4.16. The number of aromatic nitrogens is 5. The Labute approximate surface area is 137 Å². The molecule has 4 aromatic heterocycles. The van der Waals surface area contributed by atoms with E-state index in [0.717, 1.165) is 33.4 Å². The van der Waals surface area contributed by atoms with E-state index in [0.29, 0.717) is 5.78 Å². The van der Waals surface area contributed by atoms with Gasteiger partial charge in [0.05, 0.1) is 5.69 Å². The summed E-state index contributed by atoms with van der Waals surface area (Å²) in [5.41, 5.74) is 5.05. The van der Waals surface area contributed by atoms with Gasteiger partial charge in [0.2, 0.25) is 5.78 Å². The molecular formula is C19H13N5. The molecule has 4 heterocycles. The van der Waals surface area contributed by atoms with Gasteiger partial charge < -0.3 is 4.98 Å². The molecule has 5 heteroatoms. The molecule has 0 saturated carbocycles. The summed E-state index contributed by atoms with van der Waals surface area (Å²) in [7, 11) is 0. The Bertz CT molecular complexity index is 1150. The normalized spacial score (nSPS) is 11.3. The molecule has 1 aromatic carbocycles. The smallest absolute Gasteiger partial charge is 0.233 e. The molecule has 0 fully saturated rings. The van der Waals surface area contributed by atoms with Crippen LogP contribution in [0, 0.1) is 0 Å². The molecule has 0 spiro atoms. The van der Waals surface area contributed by atoms with Gasteiger partial charge in [0.25, 0.3) is 0 Å². The lowest BCUT2D eigenvalue weighted by Crippen LogP contribution is -1.89. The molecular weight excluding hydrogens is 298 g/mol. The van der Waals surface area contributed by atoms with E-state index >= 15 is 0 Å². The second kappa shape index (κ2) is 5.03. The van der Waals surface area contributed by atoms with Crippen molar-refractivity contribution < 1.29 is 0 Å². The van der Waals surface area contributed by atoms with Gasteiger partial charge in [0.1, 0.15) is 5.65 Å². The van der Waals surface area contributed by atoms with Crippen molar-refractivity contribution in [3.63, 3.8) is 0 Å². The Morgan fingerprint density at radius 1 is 0.917 bits per heavy atom. The lowest BCUT2D eigenvalue weighted by atomic mass is 10.1. The van der Waals surface area contributed by atoms with Gasteiger partial charge in [0.15, 0.2) is 0 Å². The fourth-order valence-corrected chi connectivity index (χ4v) is 2.97. The Hall–Kier alpha value is -3.47. The second-order valence-corrected chi connectivity index (χ2v) is 5.64. The van der Waals surface area contributed by atoms with E-state index in [1.807, 2.05) is 47.4 Å². The average molecular weight is 311 g/mol. The minimum Gasteiger partial charge on any atom is -0.345 e. The minimum absolute atomic E-state index is 0.697. The van der Waals surface area contributed by atoms with Crippen LogP contribution in [-0.4, -0.2) is 24.3 Å². The SMILES string of the molecule is c1ccc(-c2ccc3c(-c4cnc5nccn5c4)c[nH]c3n2)cc1. The first-order chi connectivity index (χ1) is 11.9. The zero-order valence-corrected chi connectivity index (χ0v) is 12.7. The molecule has 24 heavy (non-hydrogen) atoms. The number of nitrogens with zero attached hydrogens (tertiary/aromatic N) is 4. The van der Waals surface area contributed by atoms with Gasteiger partial charge in [-0.2, -0.15) is 0 Å². The van der Waals surface area contributed by atoms with E-state index in [-0.39, 0.29) is 0 Å². The van der Waals surface area contributed by atoms with Gasteiger partial charge in [0, 0.05) is 53.1 Å². The zero-order chi connectivity index (χ0) is 15.9. The first kappa shape index (κ1) is 13.0. The van der Waals surface area contributed by atoms with Crippen LogP contribution >= 0.6 is 0 Å². The van der Waals surface area contributed by atoms with Crippen LogP contribution in [0.1, 0.15) is 0 Å². The Kier molecular flexibility index (Phi) is 2.72. The maximum atomic E-state index is 4.75. The number of rotatable bonds is 2. The zero-order valence-electron chi connectivity index (χ0n) is 12.7. The van der Waals surface area contributed by atoms with Crippen LogP contribution < -0.4 is 0 Å². The highest BCUT2D eigenvalue weighted by atomic mass is 15.1. The summed E-state index contributed by atoms with van der Waals surface area (Å²) in [6.45, 7) is 0. The molecule has 114 valence electrons. The molecule has 0 aliphatic carbocycles. The average Bonchev–Trinajstić information content (AvgIpc) is 3.27. The van der Waals surface area contributed by atoms with Gasteiger partial charge in [-0.15, -0.1) is 0 Å². The summed E-state index contributed by atoms with van der Waals surface area (Å²) in [6.07, 6.45) is 9.49. The highest BCUT2D eigenvalue weighted by molar-refractivity contribution is 5.94. The molecule has 5 rings (SSSR count). The predicted octanol–water partition coefficient (Wildman–Crippen LogP) is 3.94. The van der Waals surface area contributed by atoms with Gasteiger partial charge in [-0.25, -0.2) is 15.0 Å². The van der Waals surface area contributed by atoms with Crippen LogP contribution in [0.3, 0.4) is 0 Å². The lowest BCUT2D eigenvalue weighted by molar-refractivity contribution is 1.11. The van der Waals surface area contributed by atoms with Crippen LogP contribution in [0.5, 0.6) is 0 Å². The third-order valence-electron chi connectivity index (χ3n) is 4.16. The van der Waals surface area contributed by atoms with Crippen molar-refractivity contribution in [1.82, 2.24) is 24.3 Å². The number of H-pyrrole nitrogens is 1. The fraction of sp³-hybridized carbons (Fsp3) is 0. The molecule has 0 saturated heterocycles. The summed E-state index contributed by atoms with van der Waals surface area (Å²) in [5, 5.41) is 1.08. The van der Waals surface area contributed by atoms with Gasteiger partial charge >= 0.3 is 0 Å². The topological polar surface area (TPSA) is 58.9 Å². The predicted molar refractivity (Wildman–Crippen MR) is 93.5 cm³/mol. The molecule has 0 atom stereocenters. The lowest BCUT2D eigenvalue weighted by Gasteiger charge is -2.03. The van der Waals surface area contributed by atoms with Crippen LogP contribution in [0.2, 0.25) is 0 Å². The van der Waals surface area contributed by atoms with Crippen LogP contribution in [0.4, 0.5) is 0 Å². The maximum absolute atomic E-state index is 4.75. The third kappa shape index (κ3) is 1.99. The van der Waals surface area contributed by atoms with Crippen molar-refractivity contribution in [2.75, 3.05) is 0 Å². The van der Waals surface area contributed by atoms with Crippen molar-refractivity contribution >= 4 is 16.8 Å². The molecule has 5 nitrogen and oxygen atoms in total. The monoisotopic (exact) mass is 311 g/mol. The molecule has 0 aliphatic rings. The van der Waals surface area contributed by atoms with Crippen molar-refractivity contribution in [2.45, 2.75) is 0 Å². The van der Waals surface area contributed by atoms with Crippen molar-refractivity contribution in [2.24, 2.45) is 0 Å². The van der Waals surface area contributed by atoms with Crippen LogP contribution in [-0.2, 0) is 0 Å². The summed E-state index contributed by atoms with van der Waals surface area (Å²) >= 11 is 0. The number of aromatic amines is 1. The summed E-state index contributed by atoms with van der Waals surface area (Å²) < 4.78 is 1.92. The van der Waals surface area contributed by atoms with E-state index < -0.39 is 0 Å². The largest absolute Gasteiger partial charge is 0.345 e. The fourth-order valence-electron chi connectivity index (χ4n) is 2.97. The molecule has 1 N–H and O–H groups in total. The molecule has 0 bridgehead atoms. The highest BCUT2D eigenvalue weighted by Crippen LogP contribution is 2.29. The molecule has 5 aromatic rings. The first-order valence-electron chi connectivity index (χ1n) is 7.71. The molecule has 0 aliphatic heterocycles. The number of hydrogen-bond donors (Lipinski definition) is 1. The quantitative estimate of drug-likeness (QED) is 0.537. The summed E-state index contributed by atoms with van der Waals surface area (Å²) in [6, 6.07) is 14.3. The Morgan fingerprint density at radius 2 is 1.83 bits per heavy atom. The molecule has 0 unspecified atom stereocenters. The van der Waals surface area contributed by atoms with Crippen LogP contribution in [0.15, 0.2) is 73.4 Å². The van der Waals surface area contributed by atoms with Crippen LogP contribution in [0.25, 0.3) is 39.2 Å². The van der Waals surface area contributed by atoms with Crippen molar-refractivity contribution in [3.8, 4) is 22.4 Å². The van der Waals surface area contributed by atoms with E-state index in [9.17, 15) is 0 Å². The number of nitrogens with one attached hydrogen (secondary N) is 1. The number of hydrogen-bond acceptors (Lipinski definition) is 3. The standard InChI is InChI=1S/C19H13N5/c1-2-4-13(5-3-1)17-7-6-15-16(11-21-18(15)23-17)14-10-22-19-20-8-9-24(19)12-14/h1-12H,(H,21,23). The van der Waals surface area contributed by atoms with Gasteiger partial charge in [-0.1, -0.05) is 30.3 Å². The first-order valence-corrected chi connectivity index (χ1v) is 7.71. The minimum atomic E-state index is 0.697. The summed E-state index contributed by atoms with van der Waals surface area (Å²) in [4.78, 5) is 16.6. The highest BCUT2D eigenvalue weighted by Gasteiger charge is 2.10. The van der Waals surface area contributed by atoms with E-state index in [1.54, 1.807) is 6.20 Å². The second-order valence-electron chi connectivity index (χ2n) is 5.64. The van der Waals surface area contributed by atoms with Gasteiger partial charge in [-0.3, -0.25) is 4.40 Å². The number of pyridine rings is 1. The van der Waals surface area contributed by atoms with E-state index in [1.165, 1.54) is 0 Å². The summed E-state index contributed by atoms with van der Waals surface area (Å²) in [5.74, 6) is 0.697.